The quantitative estimate of drug-likeness (QED) is 0.682. The van der Waals surface area contributed by atoms with Crippen molar-refractivity contribution >= 4 is 38.7 Å². The Bertz CT molecular complexity index is 949. The molecule has 25 heavy (non-hydrogen) atoms. The third-order valence-corrected chi connectivity index (χ3v) is 6.37. The first-order valence-electron chi connectivity index (χ1n) is 7.75. The van der Waals surface area contributed by atoms with E-state index in [1.54, 1.807) is 24.3 Å². The van der Waals surface area contributed by atoms with Crippen LogP contribution in [0.15, 0.2) is 52.7 Å². The molecule has 0 atom stereocenters. The first-order chi connectivity index (χ1) is 12.0. The molecule has 6 nitrogen and oxygen atoms in total. The summed E-state index contributed by atoms with van der Waals surface area (Å²) in [6.45, 7) is 3.96. The van der Waals surface area contributed by atoms with Crippen LogP contribution in [0.4, 0.5) is 17.3 Å². The molecule has 0 amide bonds. The fourth-order valence-corrected chi connectivity index (χ4v) is 4.45. The Balaban J connectivity index is 1.69. The van der Waals surface area contributed by atoms with Gasteiger partial charge in [0.1, 0.15) is 4.21 Å². The summed E-state index contributed by atoms with van der Waals surface area (Å²) in [5.74, 6) is 0.720. The van der Waals surface area contributed by atoms with Gasteiger partial charge in [-0.2, -0.15) is 0 Å². The lowest BCUT2D eigenvalue weighted by Gasteiger charge is -2.08. The predicted molar refractivity (Wildman–Crippen MR) is 101 cm³/mol. The molecule has 0 aliphatic heterocycles. The van der Waals surface area contributed by atoms with Gasteiger partial charge in [0, 0.05) is 10.6 Å². The molecule has 0 saturated heterocycles. The molecule has 130 valence electrons. The minimum Gasteiger partial charge on any atom is -0.339 e. The molecular formula is C17H18N4O2S2. The molecule has 1 aromatic carbocycles. The van der Waals surface area contributed by atoms with Crippen LogP contribution < -0.4 is 10.0 Å². The smallest absolute Gasteiger partial charge is 0.272 e. The van der Waals surface area contributed by atoms with Crippen LogP contribution in [-0.2, 0) is 16.4 Å². The molecule has 0 unspecified atom stereocenters. The second-order valence-electron chi connectivity index (χ2n) is 5.45. The second-order valence-corrected chi connectivity index (χ2v) is 8.65. The number of anilines is 3. The summed E-state index contributed by atoms with van der Waals surface area (Å²) in [6, 6.07) is 14.6. The van der Waals surface area contributed by atoms with E-state index >= 15 is 0 Å². The van der Waals surface area contributed by atoms with E-state index in [0.29, 0.717) is 5.82 Å². The van der Waals surface area contributed by atoms with E-state index < -0.39 is 10.0 Å². The lowest BCUT2D eigenvalue weighted by atomic mass is 10.1. The number of thiophene rings is 1. The highest BCUT2D eigenvalue weighted by Gasteiger charge is 2.17. The van der Waals surface area contributed by atoms with Gasteiger partial charge in [-0.1, -0.05) is 19.1 Å². The SMILES string of the molecule is CCc1ccc(Nc2ccc(NS(=O)(=O)c3ccc(C)s3)nn2)cc1. The first kappa shape index (κ1) is 17.4. The Hall–Kier alpha value is -2.45. The number of aromatic nitrogens is 2. The fraction of sp³-hybridized carbons (Fsp3) is 0.176. The van der Waals surface area contributed by atoms with Gasteiger partial charge < -0.3 is 5.32 Å². The Labute approximate surface area is 151 Å². The molecule has 0 bridgehead atoms. The van der Waals surface area contributed by atoms with Crippen LogP contribution in [0.5, 0.6) is 0 Å². The van der Waals surface area contributed by atoms with Gasteiger partial charge in [-0.25, -0.2) is 8.42 Å². The van der Waals surface area contributed by atoms with Crippen LogP contribution in [0, 0.1) is 6.92 Å². The van der Waals surface area contributed by atoms with Crippen molar-refractivity contribution < 1.29 is 8.42 Å². The van der Waals surface area contributed by atoms with E-state index in [0.717, 1.165) is 17.0 Å². The van der Waals surface area contributed by atoms with Crippen LogP contribution in [-0.4, -0.2) is 18.6 Å². The minimum absolute atomic E-state index is 0.179. The van der Waals surface area contributed by atoms with Crippen molar-refractivity contribution in [2.75, 3.05) is 10.0 Å². The van der Waals surface area contributed by atoms with E-state index in [2.05, 4.69) is 27.2 Å². The van der Waals surface area contributed by atoms with Crippen molar-refractivity contribution in [2.24, 2.45) is 0 Å². The van der Waals surface area contributed by atoms with Crippen LogP contribution >= 0.6 is 11.3 Å². The molecule has 0 fully saturated rings. The van der Waals surface area contributed by atoms with E-state index in [-0.39, 0.29) is 10.0 Å². The lowest BCUT2D eigenvalue weighted by Crippen LogP contribution is -2.13. The van der Waals surface area contributed by atoms with Gasteiger partial charge in [0.25, 0.3) is 10.0 Å². The zero-order chi connectivity index (χ0) is 17.9. The van der Waals surface area contributed by atoms with Gasteiger partial charge in [0.2, 0.25) is 0 Å². The van der Waals surface area contributed by atoms with Crippen LogP contribution in [0.1, 0.15) is 17.4 Å². The van der Waals surface area contributed by atoms with Crippen molar-refractivity contribution in [3.63, 3.8) is 0 Å². The number of rotatable bonds is 6. The van der Waals surface area contributed by atoms with Crippen molar-refractivity contribution in [2.45, 2.75) is 24.5 Å². The van der Waals surface area contributed by atoms with E-state index in [9.17, 15) is 8.42 Å². The molecule has 2 heterocycles. The highest BCUT2D eigenvalue weighted by molar-refractivity contribution is 7.94. The average Bonchev–Trinajstić information content (AvgIpc) is 3.05. The molecule has 8 heteroatoms. The molecule has 3 rings (SSSR count). The molecule has 2 N–H and O–H groups in total. The Morgan fingerprint density at radius 2 is 1.64 bits per heavy atom. The maximum Gasteiger partial charge on any atom is 0.272 e. The Kier molecular flexibility index (Phi) is 5.00. The standard InChI is InChI=1S/C17H18N4O2S2/c1-3-13-5-7-14(8-6-13)18-15-9-10-16(20-19-15)21-25(22,23)17-11-4-12(2)24-17/h4-11H,3H2,1-2H3,(H,18,19)(H,20,21). The number of nitrogens with one attached hydrogen (secondary N) is 2. The topological polar surface area (TPSA) is 84.0 Å². The molecule has 0 saturated carbocycles. The molecule has 3 aromatic rings. The summed E-state index contributed by atoms with van der Waals surface area (Å²) in [5.41, 5.74) is 2.15. The van der Waals surface area contributed by atoms with Crippen molar-refractivity contribution in [3.05, 3.63) is 59.0 Å². The Morgan fingerprint density at radius 3 is 2.20 bits per heavy atom. The molecular weight excluding hydrogens is 356 g/mol. The van der Waals surface area contributed by atoms with Gasteiger partial charge in [0.15, 0.2) is 11.6 Å². The Morgan fingerprint density at radius 1 is 0.960 bits per heavy atom. The van der Waals surface area contributed by atoms with E-state index in [1.807, 2.05) is 31.2 Å². The van der Waals surface area contributed by atoms with Gasteiger partial charge in [0.05, 0.1) is 0 Å². The van der Waals surface area contributed by atoms with Gasteiger partial charge in [-0.3, -0.25) is 4.72 Å². The normalized spacial score (nSPS) is 11.3. The number of aryl methyl sites for hydroxylation is 2. The largest absolute Gasteiger partial charge is 0.339 e. The number of hydrogen-bond donors (Lipinski definition) is 2. The summed E-state index contributed by atoms with van der Waals surface area (Å²) in [7, 11) is -3.63. The van der Waals surface area contributed by atoms with Gasteiger partial charge >= 0.3 is 0 Å². The van der Waals surface area contributed by atoms with Crippen LogP contribution in [0.2, 0.25) is 0 Å². The highest BCUT2D eigenvalue weighted by atomic mass is 32.2. The molecule has 2 aromatic heterocycles. The predicted octanol–water partition coefficient (Wildman–Crippen LogP) is 3.95. The third kappa shape index (κ3) is 4.34. The molecule has 0 aliphatic rings. The summed E-state index contributed by atoms with van der Waals surface area (Å²) >= 11 is 1.21. The maximum atomic E-state index is 12.3. The van der Waals surface area contributed by atoms with E-state index in [1.165, 1.54) is 16.9 Å². The monoisotopic (exact) mass is 374 g/mol. The van der Waals surface area contributed by atoms with Crippen LogP contribution in [0.25, 0.3) is 0 Å². The first-order valence-corrected chi connectivity index (χ1v) is 10.1. The number of benzene rings is 1. The number of sulfonamides is 1. The fourth-order valence-electron chi connectivity index (χ4n) is 2.17. The molecule has 0 aliphatic carbocycles. The minimum atomic E-state index is -3.63. The second kappa shape index (κ2) is 7.20. The third-order valence-electron chi connectivity index (χ3n) is 3.52. The molecule has 0 radical (unpaired) electrons. The number of nitrogens with zero attached hydrogens (tertiary/aromatic N) is 2. The lowest BCUT2D eigenvalue weighted by molar-refractivity contribution is 0.603. The van der Waals surface area contributed by atoms with Crippen molar-refractivity contribution in [1.82, 2.24) is 10.2 Å². The van der Waals surface area contributed by atoms with Gasteiger partial charge in [-0.05, 0) is 55.3 Å². The zero-order valence-corrected chi connectivity index (χ0v) is 15.5. The summed E-state index contributed by atoms with van der Waals surface area (Å²) < 4.78 is 27.2. The summed E-state index contributed by atoms with van der Waals surface area (Å²) in [4.78, 5) is 0.931. The van der Waals surface area contributed by atoms with Crippen molar-refractivity contribution in [1.29, 1.82) is 0 Å². The summed E-state index contributed by atoms with van der Waals surface area (Å²) in [6.07, 6.45) is 0.985. The average molecular weight is 374 g/mol. The highest BCUT2D eigenvalue weighted by Crippen LogP contribution is 2.23. The summed E-state index contributed by atoms with van der Waals surface area (Å²) in [5, 5.41) is 11.1. The number of hydrogen-bond acceptors (Lipinski definition) is 6. The van der Waals surface area contributed by atoms with Crippen LogP contribution in [0.3, 0.4) is 0 Å². The van der Waals surface area contributed by atoms with E-state index in [4.69, 9.17) is 0 Å². The maximum absolute atomic E-state index is 12.3. The van der Waals surface area contributed by atoms with Crippen molar-refractivity contribution in [3.8, 4) is 0 Å². The zero-order valence-electron chi connectivity index (χ0n) is 13.9. The van der Waals surface area contributed by atoms with Gasteiger partial charge in [-0.15, -0.1) is 21.5 Å². The molecule has 0 spiro atoms.